The van der Waals surface area contributed by atoms with Gasteiger partial charge in [0.2, 0.25) is 0 Å². The highest BCUT2D eigenvalue weighted by Gasteiger charge is 2.15. The predicted molar refractivity (Wildman–Crippen MR) is 65.9 cm³/mol. The van der Waals surface area contributed by atoms with Crippen LogP contribution in [-0.2, 0) is 0 Å². The van der Waals surface area contributed by atoms with Crippen LogP contribution in [0.15, 0.2) is 12.1 Å². The van der Waals surface area contributed by atoms with Crippen LogP contribution in [0.4, 0.5) is 0 Å². The Morgan fingerprint density at radius 1 is 1.40 bits per heavy atom. The molecular formula is C12H18O2S. The van der Waals surface area contributed by atoms with E-state index in [9.17, 15) is 5.11 Å². The third kappa shape index (κ3) is 2.89. The van der Waals surface area contributed by atoms with Crippen LogP contribution in [0.1, 0.15) is 29.2 Å². The van der Waals surface area contributed by atoms with E-state index in [0.717, 1.165) is 22.4 Å². The average Bonchev–Trinajstić information content (AvgIpc) is 2.16. The molecule has 15 heavy (non-hydrogen) atoms. The molecule has 0 aliphatic carbocycles. The number of rotatable bonds is 4. The molecule has 0 aliphatic heterocycles. The molecule has 1 aromatic rings. The van der Waals surface area contributed by atoms with Crippen molar-refractivity contribution in [1.29, 1.82) is 0 Å². The van der Waals surface area contributed by atoms with Gasteiger partial charge in [-0.15, -0.1) is 0 Å². The minimum Gasteiger partial charge on any atom is -0.496 e. The summed E-state index contributed by atoms with van der Waals surface area (Å²) in [7, 11) is 1.63. The van der Waals surface area contributed by atoms with Crippen LogP contribution >= 0.6 is 12.6 Å². The summed E-state index contributed by atoms with van der Waals surface area (Å²) in [4.78, 5) is 0. The number of thiol groups is 1. The first-order valence-electron chi connectivity index (χ1n) is 5.04. The zero-order valence-corrected chi connectivity index (χ0v) is 10.3. The van der Waals surface area contributed by atoms with Gasteiger partial charge in [0.1, 0.15) is 5.75 Å². The van der Waals surface area contributed by atoms with Crippen molar-refractivity contribution in [3.8, 4) is 5.75 Å². The molecular weight excluding hydrogens is 208 g/mol. The molecule has 0 fully saturated rings. The normalized spacial score (nSPS) is 12.6. The largest absolute Gasteiger partial charge is 0.496 e. The number of benzene rings is 1. The molecule has 84 valence electrons. The Morgan fingerprint density at radius 2 is 2.07 bits per heavy atom. The molecule has 1 atom stereocenters. The third-order valence-electron chi connectivity index (χ3n) is 2.45. The summed E-state index contributed by atoms with van der Waals surface area (Å²) >= 11 is 4.13. The van der Waals surface area contributed by atoms with Crippen molar-refractivity contribution in [1.82, 2.24) is 0 Å². The molecule has 3 heteroatoms. The minimum atomic E-state index is -0.488. The molecule has 0 spiro atoms. The number of hydrogen-bond donors (Lipinski definition) is 2. The van der Waals surface area contributed by atoms with Gasteiger partial charge in [0.15, 0.2) is 0 Å². The zero-order chi connectivity index (χ0) is 11.4. The molecule has 0 aliphatic rings. The third-order valence-corrected chi connectivity index (χ3v) is 2.71. The van der Waals surface area contributed by atoms with Crippen LogP contribution in [0, 0.1) is 13.8 Å². The molecule has 0 radical (unpaired) electrons. The number of aryl methyl sites for hydroxylation is 2. The molecule has 0 saturated carbocycles. The number of aliphatic hydroxyl groups is 1. The molecule has 1 unspecified atom stereocenters. The smallest absolute Gasteiger partial charge is 0.125 e. The maximum Gasteiger partial charge on any atom is 0.125 e. The summed E-state index contributed by atoms with van der Waals surface area (Å²) in [6.07, 6.45) is 0.154. The van der Waals surface area contributed by atoms with Gasteiger partial charge < -0.3 is 9.84 Å². The van der Waals surface area contributed by atoms with Gasteiger partial charge >= 0.3 is 0 Å². The molecule has 2 nitrogen and oxygen atoms in total. The highest BCUT2D eigenvalue weighted by Crippen LogP contribution is 2.31. The average molecular weight is 226 g/mol. The lowest BCUT2D eigenvalue weighted by atomic mass is 9.98. The van der Waals surface area contributed by atoms with Gasteiger partial charge in [0.05, 0.1) is 13.2 Å². The first-order chi connectivity index (χ1) is 7.10. The van der Waals surface area contributed by atoms with Gasteiger partial charge in [0, 0.05) is 5.56 Å². The molecule has 0 heterocycles. The Labute approximate surface area is 96.7 Å². The second-order valence-corrected chi connectivity index (χ2v) is 4.17. The van der Waals surface area contributed by atoms with Crippen molar-refractivity contribution in [2.75, 3.05) is 12.9 Å². The van der Waals surface area contributed by atoms with Crippen molar-refractivity contribution in [2.45, 2.75) is 26.4 Å². The number of methoxy groups -OCH3 is 1. The van der Waals surface area contributed by atoms with E-state index in [1.165, 1.54) is 0 Å². The zero-order valence-electron chi connectivity index (χ0n) is 9.45. The second kappa shape index (κ2) is 5.42. The van der Waals surface area contributed by atoms with Crippen molar-refractivity contribution in [3.63, 3.8) is 0 Å². The monoisotopic (exact) mass is 226 g/mol. The lowest BCUT2D eigenvalue weighted by Crippen LogP contribution is -2.04. The standard InChI is InChI=1S/C12H18O2S/c1-8-6-9(2)12(10(13)4-5-15)11(7-8)14-3/h6-7,10,13,15H,4-5H2,1-3H3. The number of aliphatic hydroxyl groups excluding tert-OH is 1. The van der Waals surface area contributed by atoms with Gasteiger partial charge in [-0.2, -0.15) is 12.6 Å². The van der Waals surface area contributed by atoms with Crippen LogP contribution in [0.2, 0.25) is 0 Å². The Kier molecular flexibility index (Phi) is 4.48. The van der Waals surface area contributed by atoms with E-state index >= 15 is 0 Å². The van der Waals surface area contributed by atoms with E-state index in [2.05, 4.69) is 18.7 Å². The summed E-state index contributed by atoms with van der Waals surface area (Å²) in [5.41, 5.74) is 3.10. The maximum absolute atomic E-state index is 9.98. The first kappa shape index (κ1) is 12.4. The highest BCUT2D eigenvalue weighted by molar-refractivity contribution is 7.80. The lowest BCUT2D eigenvalue weighted by Gasteiger charge is -2.17. The van der Waals surface area contributed by atoms with E-state index in [4.69, 9.17) is 4.74 Å². The highest BCUT2D eigenvalue weighted by atomic mass is 32.1. The fourth-order valence-corrected chi connectivity index (χ4v) is 2.05. The maximum atomic E-state index is 9.98. The summed E-state index contributed by atoms with van der Waals surface area (Å²) in [6, 6.07) is 4.00. The van der Waals surface area contributed by atoms with Crippen LogP contribution in [-0.4, -0.2) is 18.0 Å². The SMILES string of the molecule is COc1cc(C)cc(C)c1C(O)CCS. The topological polar surface area (TPSA) is 29.5 Å². The summed E-state index contributed by atoms with van der Waals surface area (Å²) in [5, 5.41) is 9.98. The van der Waals surface area contributed by atoms with Crippen LogP contribution in [0.5, 0.6) is 5.75 Å². The Hall–Kier alpha value is -0.670. The fraction of sp³-hybridized carbons (Fsp3) is 0.500. The summed E-state index contributed by atoms with van der Waals surface area (Å²) in [5.74, 6) is 1.43. The molecule has 0 saturated heterocycles. The van der Waals surface area contributed by atoms with Crippen molar-refractivity contribution >= 4 is 12.6 Å². The fourth-order valence-electron chi connectivity index (χ4n) is 1.80. The molecule has 1 rings (SSSR count). The summed E-state index contributed by atoms with van der Waals surface area (Å²) < 4.78 is 5.29. The van der Waals surface area contributed by atoms with Crippen LogP contribution in [0.25, 0.3) is 0 Å². The minimum absolute atomic E-state index is 0.488. The van der Waals surface area contributed by atoms with Gasteiger partial charge in [0.25, 0.3) is 0 Å². The van der Waals surface area contributed by atoms with Crippen molar-refractivity contribution in [3.05, 3.63) is 28.8 Å². The Morgan fingerprint density at radius 3 is 2.60 bits per heavy atom. The van der Waals surface area contributed by atoms with Crippen LogP contribution < -0.4 is 4.74 Å². The predicted octanol–water partition coefficient (Wildman–Crippen LogP) is 2.67. The van der Waals surface area contributed by atoms with Gasteiger partial charge in [-0.3, -0.25) is 0 Å². The van der Waals surface area contributed by atoms with E-state index in [0.29, 0.717) is 12.2 Å². The molecule has 1 N–H and O–H groups in total. The van der Waals surface area contributed by atoms with Crippen LogP contribution in [0.3, 0.4) is 0 Å². The van der Waals surface area contributed by atoms with Gasteiger partial charge in [-0.25, -0.2) is 0 Å². The first-order valence-corrected chi connectivity index (χ1v) is 5.67. The quantitative estimate of drug-likeness (QED) is 0.773. The van der Waals surface area contributed by atoms with E-state index in [-0.39, 0.29) is 0 Å². The van der Waals surface area contributed by atoms with E-state index < -0.39 is 6.10 Å². The van der Waals surface area contributed by atoms with E-state index in [1.54, 1.807) is 7.11 Å². The second-order valence-electron chi connectivity index (χ2n) is 3.73. The number of ether oxygens (including phenoxy) is 1. The molecule has 1 aromatic carbocycles. The summed E-state index contributed by atoms with van der Waals surface area (Å²) in [6.45, 7) is 4.01. The molecule has 0 bridgehead atoms. The Balaban J connectivity index is 3.14. The molecule has 0 aromatic heterocycles. The molecule has 0 amide bonds. The van der Waals surface area contributed by atoms with Gasteiger partial charge in [-0.05, 0) is 43.2 Å². The number of hydrogen-bond acceptors (Lipinski definition) is 3. The lowest BCUT2D eigenvalue weighted by molar-refractivity contribution is 0.170. The van der Waals surface area contributed by atoms with Gasteiger partial charge in [-0.1, -0.05) is 6.07 Å². The Bertz CT molecular complexity index is 337. The van der Waals surface area contributed by atoms with Crippen molar-refractivity contribution in [2.24, 2.45) is 0 Å². The van der Waals surface area contributed by atoms with E-state index in [1.807, 2.05) is 19.9 Å². The van der Waals surface area contributed by atoms with Crippen molar-refractivity contribution < 1.29 is 9.84 Å².